The maximum absolute atomic E-state index is 11.3. The van der Waals surface area contributed by atoms with Gasteiger partial charge < -0.3 is 10.2 Å². The topological polar surface area (TPSA) is 40.5 Å². The van der Waals surface area contributed by atoms with Crippen molar-refractivity contribution in [2.24, 2.45) is 0 Å². The van der Waals surface area contributed by atoms with Gasteiger partial charge in [-0.2, -0.15) is 0 Å². The summed E-state index contributed by atoms with van der Waals surface area (Å²) in [4.78, 5) is 8.01. The highest BCUT2D eigenvalue weighted by Gasteiger charge is 2.48. The van der Waals surface area contributed by atoms with E-state index in [1.165, 1.54) is 76.9 Å². The first-order valence-corrected chi connectivity index (χ1v) is 21.0. The molecule has 6 heteroatoms. The Morgan fingerprint density at radius 1 is 0.520 bits per heavy atom. The molecule has 0 bridgehead atoms. The zero-order valence-corrected chi connectivity index (χ0v) is 31.5. The van der Waals surface area contributed by atoms with Crippen LogP contribution in [0.25, 0.3) is 22.3 Å². The molecule has 6 aromatic rings. The summed E-state index contributed by atoms with van der Waals surface area (Å²) in [5, 5.41) is 23.8. The molecule has 1 aliphatic carbocycles. The molecule has 0 saturated heterocycles. The zero-order valence-electron chi connectivity index (χ0n) is 28.2. The number of rotatable bonds is 8. The summed E-state index contributed by atoms with van der Waals surface area (Å²) in [7, 11) is 0. The van der Waals surface area contributed by atoms with E-state index >= 15 is 0 Å². The molecular weight excluding hydrogens is 689 g/mol. The maximum atomic E-state index is 11.3. The van der Waals surface area contributed by atoms with Crippen LogP contribution in [-0.2, 0) is 12.8 Å². The van der Waals surface area contributed by atoms with Gasteiger partial charge in [0.15, 0.2) is 0 Å². The van der Waals surface area contributed by atoms with Crippen LogP contribution in [-0.4, -0.2) is 20.7 Å². The van der Waals surface area contributed by atoms with Crippen LogP contribution in [0.15, 0.2) is 119 Å². The SMILES string of the molecule is Cc1ccc(-c2ccc(CC(O)c3cc4c(s3)C3CC5Sc6cc(C(O)Cc7ccc(-c8ccc(C)cc8)cc7)sc6C5CC3S4)cc2)cc1. The molecule has 2 N–H and O–H groups in total. The van der Waals surface area contributed by atoms with Crippen LogP contribution in [0.5, 0.6) is 0 Å². The maximum Gasteiger partial charge on any atom is 0.0922 e. The molecule has 2 aromatic heterocycles. The lowest BCUT2D eigenvalue weighted by atomic mass is 9.80. The third-order valence-corrected chi connectivity index (χ3v) is 16.6. The first-order valence-electron chi connectivity index (χ1n) is 17.6. The van der Waals surface area contributed by atoms with Crippen molar-refractivity contribution >= 4 is 46.2 Å². The average Bonchev–Trinajstić information content (AvgIpc) is 3.89. The van der Waals surface area contributed by atoms with E-state index in [9.17, 15) is 10.2 Å². The van der Waals surface area contributed by atoms with E-state index in [0.717, 1.165) is 9.75 Å². The molecule has 2 nitrogen and oxygen atoms in total. The molecule has 4 aromatic carbocycles. The van der Waals surface area contributed by atoms with E-state index < -0.39 is 12.2 Å². The normalized spacial score (nSPS) is 21.7. The number of aliphatic hydroxyl groups is 2. The van der Waals surface area contributed by atoms with E-state index in [-0.39, 0.29) is 0 Å². The van der Waals surface area contributed by atoms with Crippen molar-refractivity contribution in [1.82, 2.24) is 0 Å². The minimum atomic E-state index is -0.477. The molecule has 1 fully saturated rings. The number of aliphatic hydroxyl groups excluding tert-OH is 2. The van der Waals surface area contributed by atoms with Crippen molar-refractivity contribution in [1.29, 1.82) is 0 Å². The lowest BCUT2D eigenvalue weighted by Crippen LogP contribution is -2.28. The number of benzene rings is 4. The van der Waals surface area contributed by atoms with Gasteiger partial charge in [0.2, 0.25) is 0 Å². The Morgan fingerprint density at radius 3 is 1.22 bits per heavy atom. The van der Waals surface area contributed by atoms with Crippen LogP contribution in [0.2, 0.25) is 0 Å². The monoisotopic (exact) mass is 728 g/mol. The number of fused-ring (bicyclic) bond motifs is 6. The molecule has 0 radical (unpaired) electrons. The van der Waals surface area contributed by atoms with Crippen LogP contribution in [0.1, 0.15) is 78.6 Å². The summed E-state index contributed by atoms with van der Waals surface area (Å²) in [6.45, 7) is 4.23. The molecule has 2 aliphatic heterocycles. The minimum absolute atomic E-state index is 0.477. The van der Waals surface area contributed by atoms with Gasteiger partial charge in [-0.1, -0.05) is 108 Å². The zero-order chi connectivity index (χ0) is 33.9. The molecule has 6 unspecified atom stereocenters. The molecule has 252 valence electrons. The van der Waals surface area contributed by atoms with E-state index in [0.29, 0.717) is 35.2 Å². The van der Waals surface area contributed by atoms with Gasteiger partial charge in [-0.15, -0.1) is 46.2 Å². The fraction of sp³-hybridized carbons (Fsp3) is 0.273. The second kappa shape index (κ2) is 13.5. The number of thioether (sulfide) groups is 2. The molecular formula is C44H40O2S4. The van der Waals surface area contributed by atoms with Crippen LogP contribution < -0.4 is 0 Å². The summed E-state index contributed by atoms with van der Waals surface area (Å²) < 4.78 is 0. The smallest absolute Gasteiger partial charge is 0.0922 e. The standard InChI is InChI=1S/C44H40O2S4/c1-25-3-11-29(12-4-25)31-15-7-27(8-16-31)19-35(45)39-23-41-43(49-39)33-21-38-34(22-37(33)47-41)44-42(48-38)24-40(50-44)36(46)20-28-9-17-32(18-10-28)30-13-5-26(2)6-14-30/h3-18,23-24,33-38,45-46H,19-22H2,1-2H3. The van der Waals surface area contributed by atoms with E-state index in [1.807, 2.05) is 46.2 Å². The molecule has 6 atom stereocenters. The molecule has 4 heterocycles. The van der Waals surface area contributed by atoms with Gasteiger partial charge in [0, 0.05) is 64.5 Å². The van der Waals surface area contributed by atoms with Crippen LogP contribution in [0.3, 0.4) is 0 Å². The third-order valence-electron chi connectivity index (χ3n) is 10.8. The van der Waals surface area contributed by atoms with Crippen molar-refractivity contribution in [2.45, 2.75) is 83.9 Å². The van der Waals surface area contributed by atoms with Crippen LogP contribution in [0.4, 0.5) is 0 Å². The fourth-order valence-electron chi connectivity index (χ4n) is 7.92. The van der Waals surface area contributed by atoms with Gasteiger partial charge >= 0.3 is 0 Å². The molecule has 3 aliphatic rings. The largest absolute Gasteiger partial charge is 0.387 e. The van der Waals surface area contributed by atoms with Gasteiger partial charge in [-0.05, 0) is 72.2 Å². The lowest BCUT2D eigenvalue weighted by molar-refractivity contribution is 0.182. The second-order valence-corrected chi connectivity index (χ2v) is 19.1. The summed E-state index contributed by atoms with van der Waals surface area (Å²) in [5.41, 5.74) is 9.75. The summed E-state index contributed by atoms with van der Waals surface area (Å²) in [6, 6.07) is 39.2. The first-order chi connectivity index (χ1) is 24.3. The Labute approximate surface area is 311 Å². The lowest BCUT2D eigenvalue weighted by Gasteiger charge is -2.34. The minimum Gasteiger partial charge on any atom is -0.387 e. The van der Waals surface area contributed by atoms with Gasteiger partial charge in [0.05, 0.1) is 12.2 Å². The van der Waals surface area contributed by atoms with E-state index in [4.69, 9.17) is 0 Å². The Hall–Kier alpha value is -3.10. The highest BCUT2D eigenvalue weighted by molar-refractivity contribution is 8.01. The van der Waals surface area contributed by atoms with Crippen molar-refractivity contribution in [3.05, 3.63) is 151 Å². The number of aryl methyl sites for hydroxylation is 2. The Balaban J connectivity index is 0.825. The summed E-state index contributed by atoms with van der Waals surface area (Å²) in [5.74, 6) is 1.15. The van der Waals surface area contributed by atoms with Gasteiger partial charge in [-0.3, -0.25) is 0 Å². The molecule has 1 saturated carbocycles. The predicted molar refractivity (Wildman–Crippen MR) is 213 cm³/mol. The average molecular weight is 729 g/mol. The van der Waals surface area contributed by atoms with Crippen LogP contribution in [0, 0.1) is 13.8 Å². The third kappa shape index (κ3) is 6.33. The quantitative estimate of drug-likeness (QED) is 0.164. The van der Waals surface area contributed by atoms with Crippen molar-refractivity contribution in [3.8, 4) is 22.3 Å². The number of hydrogen-bond acceptors (Lipinski definition) is 6. The summed E-state index contributed by atoms with van der Waals surface area (Å²) in [6.07, 6.45) is 2.72. The highest BCUT2D eigenvalue weighted by atomic mass is 32.2. The Kier molecular flexibility index (Phi) is 8.83. The Morgan fingerprint density at radius 2 is 0.860 bits per heavy atom. The van der Waals surface area contributed by atoms with Gasteiger partial charge in [-0.25, -0.2) is 0 Å². The molecule has 50 heavy (non-hydrogen) atoms. The fourth-order valence-corrected chi connectivity index (χ4v) is 14.2. The second-order valence-electron chi connectivity index (χ2n) is 14.3. The Bertz CT molecular complexity index is 1970. The highest BCUT2D eigenvalue weighted by Crippen LogP contribution is 2.64. The first kappa shape index (κ1) is 32.8. The van der Waals surface area contributed by atoms with Crippen molar-refractivity contribution in [2.75, 3.05) is 0 Å². The van der Waals surface area contributed by atoms with E-state index in [2.05, 4.69) is 123 Å². The van der Waals surface area contributed by atoms with Crippen molar-refractivity contribution < 1.29 is 10.2 Å². The van der Waals surface area contributed by atoms with Gasteiger partial charge in [0.1, 0.15) is 0 Å². The van der Waals surface area contributed by atoms with E-state index in [1.54, 1.807) is 0 Å². The molecule has 0 spiro atoms. The van der Waals surface area contributed by atoms with Gasteiger partial charge in [0.25, 0.3) is 0 Å². The molecule has 9 rings (SSSR count). The molecule has 0 amide bonds. The summed E-state index contributed by atoms with van der Waals surface area (Å²) >= 11 is 7.80. The number of thiophene rings is 2. The predicted octanol–water partition coefficient (Wildman–Crippen LogP) is 11.9. The number of hydrogen-bond donors (Lipinski definition) is 2. The van der Waals surface area contributed by atoms with Crippen molar-refractivity contribution in [3.63, 3.8) is 0 Å². The van der Waals surface area contributed by atoms with Crippen LogP contribution >= 0.6 is 46.2 Å².